The van der Waals surface area contributed by atoms with Gasteiger partial charge in [0.15, 0.2) is 11.6 Å². The van der Waals surface area contributed by atoms with E-state index in [0.717, 1.165) is 24.3 Å². The molecule has 6 N–H and O–H groups in total. The van der Waals surface area contributed by atoms with E-state index < -0.39 is 57.7 Å². The number of carboxylic acid groups (broad SMARTS) is 4. The van der Waals surface area contributed by atoms with Gasteiger partial charge in [-0.2, -0.15) is 15.0 Å². The van der Waals surface area contributed by atoms with Gasteiger partial charge in [0.2, 0.25) is 11.9 Å². The first-order valence-corrected chi connectivity index (χ1v) is 15.0. The van der Waals surface area contributed by atoms with Gasteiger partial charge in [0.05, 0.1) is 22.3 Å². The fraction of sp³-hybridized carbons (Fsp3) is 0.0833. The standard InChI is InChI=1S/C36H27N5O10/c1-17(2)30-39-35(37-22-7-3-5-18(13-22)28(42)20-9-11-24(31(44)45)26(15-20)33(48)49)41-36(40-30)38-23-8-4-6-19(14-23)29(43)21-10-12-25(32(46)47)27(16-21)34(50)51/h3-17H,1-2H3,(H,44,45)(H,46,47)(H,48,49)(H,50,51)(H2,37,38,39,40,41). The molecule has 15 heteroatoms. The molecule has 1 heterocycles. The van der Waals surface area contributed by atoms with Gasteiger partial charge in [-0.15, -0.1) is 0 Å². The second-order valence-corrected chi connectivity index (χ2v) is 11.3. The van der Waals surface area contributed by atoms with E-state index in [2.05, 4.69) is 25.6 Å². The Labute approximate surface area is 288 Å². The Bertz CT molecular complexity index is 2120. The van der Waals surface area contributed by atoms with Crippen LogP contribution < -0.4 is 10.6 Å². The quantitative estimate of drug-likeness (QED) is 0.0807. The molecular formula is C36H27N5O10. The summed E-state index contributed by atoms with van der Waals surface area (Å²) in [6.07, 6.45) is 0. The molecule has 0 aliphatic heterocycles. The van der Waals surface area contributed by atoms with E-state index in [0.29, 0.717) is 17.2 Å². The van der Waals surface area contributed by atoms with Crippen molar-refractivity contribution in [2.24, 2.45) is 0 Å². The number of anilines is 4. The van der Waals surface area contributed by atoms with Crippen LogP contribution >= 0.6 is 0 Å². The number of rotatable bonds is 13. The third-order valence-electron chi connectivity index (χ3n) is 7.42. The zero-order valence-electron chi connectivity index (χ0n) is 26.7. The van der Waals surface area contributed by atoms with Crippen molar-refractivity contribution in [3.63, 3.8) is 0 Å². The highest BCUT2D eigenvalue weighted by molar-refractivity contribution is 6.13. The normalized spacial score (nSPS) is 10.7. The summed E-state index contributed by atoms with van der Waals surface area (Å²) in [7, 11) is 0. The van der Waals surface area contributed by atoms with E-state index in [1.54, 1.807) is 24.3 Å². The predicted molar refractivity (Wildman–Crippen MR) is 181 cm³/mol. The Hall–Kier alpha value is -7.29. The maximum atomic E-state index is 13.3. The molecule has 256 valence electrons. The van der Waals surface area contributed by atoms with Gasteiger partial charge in [0.25, 0.3) is 0 Å². The first-order valence-electron chi connectivity index (χ1n) is 15.0. The van der Waals surface area contributed by atoms with Crippen molar-refractivity contribution in [3.05, 3.63) is 135 Å². The Morgan fingerprint density at radius 1 is 0.490 bits per heavy atom. The molecule has 5 aromatic rings. The summed E-state index contributed by atoms with van der Waals surface area (Å²) >= 11 is 0. The SMILES string of the molecule is CC(C)c1nc(Nc2cccc(C(=O)c3ccc(C(=O)O)c(C(=O)O)c3)c2)nc(Nc2cccc(C(=O)c3ccc(C(=O)O)c(C(=O)O)c3)c2)n1. The Morgan fingerprint density at radius 3 is 1.22 bits per heavy atom. The van der Waals surface area contributed by atoms with Crippen molar-refractivity contribution >= 4 is 58.7 Å². The number of carbonyl (C=O) groups is 6. The van der Waals surface area contributed by atoms with E-state index in [1.807, 2.05) is 13.8 Å². The molecule has 0 aliphatic carbocycles. The average Bonchev–Trinajstić information content (AvgIpc) is 3.10. The molecule has 0 unspecified atom stereocenters. The summed E-state index contributed by atoms with van der Waals surface area (Å²) in [6.45, 7) is 3.73. The molecule has 1 aromatic heterocycles. The Morgan fingerprint density at radius 2 is 0.863 bits per heavy atom. The lowest BCUT2D eigenvalue weighted by atomic mass is 9.98. The maximum Gasteiger partial charge on any atom is 0.336 e. The molecule has 0 spiro atoms. The molecule has 0 fully saturated rings. The molecule has 5 rings (SSSR count). The molecule has 51 heavy (non-hydrogen) atoms. The fourth-order valence-electron chi connectivity index (χ4n) is 4.93. The van der Waals surface area contributed by atoms with Crippen molar-refractivity contribution in [2.45, 2.75) is 19.8 Å². The third-order valence-corrected chi connectivity index (χ3v) is 7.42. The lowest BCUT2D eigenvalue weighted by Gasteiger charge is -2.13. The zero-order chi connectivity index (χ0) is 37.0. The summed E-state index contributed by atoms with van der Waals surface area (Å²) in [4.78, 5) is 86.0. The van der Waals surface area contributed by atoms with Crippen LogP contribution in [0.15, 0.2) is 84.9 Å². The lowest BCUT2D eigenvalue weighted by molar-refractivity contribution is 0.0651. The van der Waals surface area contributed by atoms with Crippen LogP contribution in [0.5, 0.6) is 0 Å². The molecule has 4 aromatic carbocycles. The first kappa shape index (κ1) is 35.0. The molecule has 0 bridgehead atoms. The summed E-state index contributed by atoms with van der Waals surface area (Å²) in [5.41, 5.74) is -0.852. The molecule has 0 saturated carbocycles. The third kappa shape index (κ3) is 7.89. The van der Waals surface area contributed by atoms with Crippen molar-refractivity contribution in [1.82, 2.24) is 15.0 Å². The van der Waals surface area contributed by atoms with Gasteiger partial charge in [0, 0.05) is 39.5 Å². The molecule has 15 nitrogen and oxygen atoms in total. The van der Waals surface area contributed by atoms with Gasteiger partial charge in [-0.3, -0.25) is 9.59 Å². The van der Waals surface area contributed by atoms with Crippen LogP contribution in [0.3, 0.4) is 0 Å². The summed E-state index contributed by atoms with van der Waals surface area (Å²) in [5, 5.41) is 43.6. The van der Waals surface area contributed by atoms with Crippen molar-refractivity contribution < 1.29 is 49.2 Å². The van der Waals surface area contributed by atoms with E-state index in [4.69, 9.17) is 0 Å². The molecule has 0 atom stereocenters. The minimum Gasteiger partial charge on any atom is -0.478 e. The number of aromatic nitrogens is 3. The highest BCUT2D eigenvalue weighted by atomic mass is 16.4. The van der Waals surface area contributed by atoms with Gasteiger partial charge < -0.3 is 31.1 Å². The summed E-state index contributed by atoms with van der Waals surface area (Å²) in [5.74, 6) is -6.50. The highest BCUT2D eigenvalue weighted by Gasteiger charge is 2.21. The number of carboxylic acids is 4. The molecule has 0 aliphatic rings. The van der Waals surface area contributed by atoms with E-state index in [-0.39, 0.29) is 40.1 Å². The van der Waals surface area contributed by atoms with Crippen LogP contribution in [0.2, 0.25) is 0 Å². The smallest absolute Gasteiger partial charge is 0.336 e. The molecular weight excluding hydrogens is 662 g/mol. The van der Waals surface area contributed by atoms with Gasteiger partial charge in [-0.25, -0.2) is 19.2 Å². The topological polar surface area (TPSA) is 246 Å². The van der Waals surface area contributed by atoms with Crippen LogP contribution in [0.25, 0.3) is 0 Å². The fourth-order valence-corrected chi connectivity index (χ4v) is 4.93. The number of benzene rings is 4. The van der Waals surface area contributed by atoms with E-state index in [1.165, 1.54) is 36.4 Å². The molecule has 0 radical (unpaired) electrons. The van der Waals surface area contributed by atoms with Crippen LogP contribution in [-0.4, -0.2) is 70.8 Å². The van der Waals surface area contributed by atoms with Crippen LogP contribution in [0.1, 0.15) is 98.9 Å². The molecule has 0 amide bonds. The number of hydrogen-bond acceptors (Lipinski definition) is 11. The van der Waals surface area contributed by atoms with Gasteiger partial charge >= 0.3 is 23.9 Å². The molecule has 0 saturated heterocycles. The zero-order valence-corrected chi connectivity index (χ0v) is 26.7. The second-order valence-electron chi connectivity index (χ2n) is 11.3. The monoisotopic (exact) mass is 689 g/mol. The number of nitrogens with zero attached hydrogens (tertiary/aromatic N) is 3. The lowest BCUT2D eigenvalue weighted by Crippen LogP contribution is -2.11. The van der Waals surface area contributed by atoms with Gasteiger partial charge in [-0.1, -0.05) is 50.2 Å². The first-order chi connectivity index (χ1) is 24.2. The van der Waals surface area contributed by atoms with Crippen molar-refractivity contribution in [2.75, 3.05) is 10.6 Å². The van der Waals surface area contributed by atoms with E-state index in [9.17, 15) is 49.2 Å². The van der Waals surface area contributed by atoms with E-state index >= 15 is 0 Å². The summed E-state index contributed by atoms with van der Waals surface area (Å²) in [6, 6.07) is 19.1. The van der Waals surface area contributed by atoms with Crippen LogP contribution in [0, 0.1) is 0 Å². The van der Waals surface area contributed by atoms with Crippen molar-refractivity contribution in [3.8, 4) is 0 Å². The number of carbonyl (C=O) groups excluding carboxylic acids is 2. The minimum absolute atomic E-state index is 0.0244. The maximum absolute atomic E-state index is 13.3. The Kier molecular flexibility index (Phi) is 9.92. The van der Waals surface area contributed by atoms with Crippen molar-refractivity contribution in [1.29, 1.82) is 0 Å². The van der Waals surface area contributed by atoms with Crippen LogP contribution in [-0.2, 0) is 0 Å². The predicted octanol–water partition coefficient (Wildman–Crippen LogP) is 5.74. The average molecular weight is 690 g/mol. The number of hydrogen-bond donors (Lipinski definition) is 6. The van der Waals surface area contributed by atoms with Crippen LogP contribution in [0.4, 0.5) is 23.3 Å². The van der Waals surface area contributed by atoms with Gasteiger partial charge in [-0.05, 0) is 48.5 Å². The Balaban J connectivity index is 1.40. The highest BCUT2D eigenvalue weighted by Crippen LogP contribution is 2.24. The summed E-state index contributed by atoms with van der Waals surface area (Å²) < 4.78 is 0. The number of ketones is 2. The number of nitrogens with one attached hydrogen (secondary N) is 2. The second kappa shape index (κ2) is 14.4. The number of aromatic carboxylic acids is 4. The minimum atomic E-state index is -1.49. The van der Waals surface area contributed by atoms with Gasteiger partial charge in [0.1, 0.15) is 5.82 Å². The largest absolute Gasteiger partial charge is 0.478 e.